The van der Waals surface area contributed by atoms with Gasteiger partial charge in [0.25, 0.3) is 11.8 Å². The van der Waals surface area contributed by atoms with E-state index in [0.717, 1.165) is 11.0 Å². The second-order valence-corrected chi connectivity index (χ2v) is 5.60. The van der Waals surface area contributed by atoms with Crippen LogP contribution in [0.15, 0.2) is 36.0 Å². The molecule has 28 heavy (non-hydrogen) atoms. The molecule has 0 aromatic heterocycles. The maximum absolute atomic E-state index is 12.1. The molecule has 0 spiro atoms. The van der Waals surface area contributed by atoms with Crippen LogP contribution in [0.5, 0.6) is 0 Å². The molecule has 1 heterocycles. The molecule has 1 aliphatic heterocycles. The molecule has 1 aliphatic rings. The Balaban J connectivity index is 0.00000108. The number of rotatable bonds is 7. The van der Waals surface area contributed by atoms with Crippen molar-refractivity contribution in [2.24, 2.45) is 5.73 Å². The molecule has 0 saturated carbocycles. The van der Waals surface area contributed by atoms with Gasteiger partial charge in [-0.05, 0) is 12.1 Å². The highest BCUT2D eigenvalue weighted by Gasteiger charge is 2.34. The molecule has 156 valence electrons. The van der Waals surface area contributed by atoms with Crippen molar-refractivity contribution < 1.29 is 23.9 Å². The van der Waals surface area contributed by atoms with E-state index in [2.05, 4.69) is 18.6 Å². The van der Waals surface area contributed by atoms with E-state index in [4.69, 9.17) is 10.5 Å². The van der Waals surface area contributed by atoms with Gasteiger partial charge >= 0.3 is 5.97 Å². The molecule has 7 heteroatoms. The first kappa shape index (κ1) is 25.3. The van der Waals surface area contributed by atoms with Crippen LogP contribution < -0.4 is 5.73 Å². The van der Waals surface area contributed by atoms with E-state index in [1.165, 1.54) is 20.0 Å². The quantitative estimate of drug-likeness (QED) is 0.331. The average Bonchev–Trinajstić information content (AvgIpc) is 2.97. The van der Waals surface area contributed by atoms with E-state index in [1.54, 1.807) is 24.3 Å². The number of carbonyl (C=O) groups is 3. The Morgan fingerprint density at radius 1 is 1.07 bits per heavy atom. The Morgan fingerprint density at radius 2 is 1.57 bits per heavy atom. The first-order valence-electron chi connectivity index (χ1n) is 9.53. The number of nitrogens with zero attached hydrogens (tertiary/aromatic N) is 1. The molecular weight excluding hydrogens is 360 g/mol. The molecular formula is C21H32N2O5. The van der Waals surface area contributed by atoms with Gasteiger partial charge in [-0.2, -0.15) is 0 Å². The van der Waals surface area contributed by atoms with Crippen LogP contribution in [0.2, 0.25) is 0 Å². The van der Waals surface area contributed by atoms with Crippen LogP contribution in [-0.4, -0.2) is 49.6 Å². The number of imide groups is 1. The van der Waals surface area contributed by atoms with Crippen molar-refractivity contribution in [3.8, 4) is 0 Å². The van der Waals surface area contributed by atoms with Crippen LogP contribution in [0, 0.1) is 0 Å². The molecule has 0 fully saturated rings. The standard InChI is InChI=1S/C15H16N2O5.C4H10.C2H6/c1-21-13(18)8-10(16)9-22-7-6-17-14(19)11-4-2-3-5-12(11)15(17)20;1-3-4-2;1-2/h2-5,8H,6-7,9,16H2,1H3;3-4H2,1-2H3;1-2H3/b10-8+;;. The van der Waals surface area contributed by atoms with Gasteiger partial charge in [0, 0.05) is 11.8 Å². The van der Waals surface area contributed by atoms with Gasteiger partial charge in [-0.25, -0.2) is 4.79 Å². The zero-order valence-electron chi connectivity index (χ0n) is 17.5. The van der Waals surface area contributed by atoms with Crippen molar-refractivity contribution in [3.05, 3.63) is 47.2 Å². The van der Waals surface area contributed by atoms with Crippen molar-refractivity contribution in [2.45, 2.75) is 40.5 Å². The molecule has 0 radical (unpaired) electrons. The number of nitrogens with two attached hydrogens (primary N) is 1. The normalized spacial score (nSPS) is 12.5. The number of esters is 1. The van der Waals surface area contributed by atoms with Gasteiger partial charge in [0.15, 0.2) is 0 Å². The Hall–Kier alpha value is -2.67. The lowest BCUT2D eigenvalue weighted by molar-refractivity contribution is -0.134. The predicted molar refractivity (Wildman–Crippen MR) is 109 cm³/mol. The highest BCUT2D eigenvalue weighted by molar-refractivity contribution is 6.21. The second-order valence-electron chi connectivity index (χ2n) is 5.60. The minimum absolute atomic E-state index is 0.0122. The molecule has 0 atom stereocenters. The lowest BCUT2D eigenvalue weighted by atomic mass is 10.1. The van der Waals surface area contributed by atoms with Crippen molar-refractivity contribution in [3.63, 3.8) is 0 Å². The van der Waals surface area contributed by atoms with Crippen LogP contribution in [0.1, 0.15) is 61.3 Å². The monoisotopic (exact) mass is 392 g/mol. The van der Waals surface area contributed by atoms with E-state index in [-0.39, 0.29) is 37.3 Å². The topological polar surface area (TPSA) is 98.9 Å². The molecule has 1 aromatic rings. The van der Waals surface area contributed by atoms with Gasteiger partial charge in [-0.3, -0.25) is 14.5 Å². The number of carbonyl (C=O) groups excluding carboxylic acids is 3. The highest BCUT2D eigenvalue weighted by Crippen LogP contribution is 2.21. The zero-order valence-corrected chi connectivity index (χ0v) is 17.5. The molecule has 1 aromatic carbocycles. The molecule has 2 amide bonds. The SMILES string of the molecule is CC.CCCC.COC(=O)/C=C(/N)COCCN1C(=O)c2ccccc2C1=O. The second kappa shape index (κ2) is 14.4. The van der Waals surface area contributed by atoms with Crippen LogP contribution in [0.4, 0.5) is 0 Å². The largest absolute Gasteiger partial charge is 0.466 e. The summed E-state index contributed by atoms with van der Waals surface area (Å²) in [5.41, 5.74) is 6.56. The number of hydrogen-bond donors (Lipinski definition) is 1. The summed E-state index contributed by atoms with van der Waals surface area (Å²) in [7, 11) is 1.25. The van der Waals surface area contributed by atoms with Gasteiger partial charge in [0.2, 0.25) is 0 Å². The van der Waals surface area contributed by atoms with Crippen molar-refractivity contribution >= 4 is 17.8 Å². The number of ether oxygens (including phenoxy) is 2. The Kier molecular flexibility index (Phi) is 13.0. The summed E-state index contributed by atoms with van der Waals surface area (Å²) in [6, 6.07) is 6.66. The maximum Gasteiger partial charge on any atom is 0.332 e. The van der Waals surface area contributed by atoms with Gasteiger partial charge in [-0.1, -0.05) is 52.7 Å². The summed E-state index contributed by atoms with van der Waals surface area (Å²) in [5.74, 6) is -1.23. The van der Waals surface area contributed by atoms with Gasteiger partial charge in [-0.15, -0.1) is 0 Å². The molecule has 0 bridgehead atoms. The van der Waals surface area contributed by atoms with Crippen molar-refractivity contribution in [1.29, 1.82) is 0 Å². The minimum atomic E-state index is -0.568. The Labute approximate surface area is 167 Å². The Morgan fingerprint density at radius 3 is 2.00 bits per heavy atom. The summed E-state index contributed by atoms with van der Waals surface area (Å²) >= 11 is 0. The summed E-state index contributed by atoms with van der Waals surface area (Å²) in [5, 5.41) is 0. The number of benzene rings is 1. The van der Waals surface area contributed by atoms with Crippen LogP contribution in [0.3, 0.4) is 0 Å². The van der Waals surface area contributed by atoms with Gasteiger partial charge in [0.1, 0.15) is 0 Å². The third-order valence-electron chi connectivity index (χ3n) is 3.61. The third kappa shape index (κ3) is 7.92. The summed E-state index contributed by atoms with van der Waals surface area (Å²) in [6.07, 6.45) is 3.75. The molecule has 2 rings (SSSR count). The zero-order chi connectivity index (χ0) is 21.5. The predicted octanol–water partition coefficient (Wildman–Crippen LogP) is 3.15. The van der Waals surface area contributed by atoms with Crippen LogP contribution in [0.25, 0.3) is 0 Å². The molecule has 0 aliphatic carbocycles. The fraction of sp³-hybridized carbons (Fsp3) is 0.476. The number of methoxy groups -OCH3 is 1. The molecule has 2 N–H and O–H groups in total. The first-order valence-corrected chi connectivity index (χ1v) is 9.53. The van der Waals surface area contributed by atoms with E-state index in [1.807, 2.05) is 13.8 Å². The maximum atomic E-state index is 12.1. The van der Waals surface area contributed by atoms with Crippen molar-refractivity contribution in [1.82, 2.24) is 4.90 Å². The van der Waals surface area contributed by atoms with E-state index < -0.39 is 5.97 Å². The van der Waals surface area contributed by atoms with E-state index in [9.17, 15) is 14.4 Å². The van der Waals surface area contributed by atoms with E-state index >= 15 is 0 Å². The fourth-order valence-electron chi connectivity index (χ4n) is 2.04. The average molecular weight is 392 g/mol. The van der Waals surface area contributed by atoms with Gasteiger partial charge in [0.05, 0.1) is 38.0 Å². The molecule has 0 unspecified atom stereocenters. The number of fused-ring (bicyclic) bond motifs is 1. The van der Waals surface area contributed by atoms with Crippen molar-refractivity contribution in [2.75, 3.05) is 26.9 Å². The number of unbranched alkanes of at least 4 members (excludes halogenated alkanes) is 1. The van der Waals surface area contributed by atoms with Crippen LogP contribution in [-0.2, 0) is 14.3 Å². The highest BCUT2D eigenvalue weighted by atomic mass is 16.5. The minimum Gasteiger partial charge on any atom is -0.466 e. The third-order valence-corrected chi connectivity index (χ3v) is 3.61. The fourth-order valence-corrected chi connectivity index (χ4v) is 2.04. The lowest BCUT2D eigenvalue weighted by Gasteiger charge is -2.13. The Bertz CT molecular complexity index is 634. The van der Waals surface area contributed by atoms with Crippen LogP contribution >= 0.6 is 0 Å². The van der Waals surface area contributed by atoms with E-state index in [0.29, 0.717) is 11.1 Å². The summed E-state index contributed by atoms with van der Waals surface area (Å²) < 4.78 is 9.68. The number of hydrogen-bond acceptors (Lipinski definition) is 6. The van der Waals surface area contributed by atoms with Gasteiger partial charge < -0.3 is 15.2 Å². The summed E-state index contributed by atoms with van der Waals surface area (Å²) in [4.78, 5) is 36.2. The summed E-state index contributed by atoms with van der Waals surface area (Å²) in [6.45, 7) is 8.62. The first-order chi connectivity index (χ1) is 13.5. The molecule has 0 saturated heterocycles. The smallest absolute Gasteiger partial charge is 0.332 e. The lowest BCUT2D eigenvalue weighted by Crippen LogP contribution is -2.33. The number of amides is 2. The molecule has 7 nitrogen and oxygen atoms in total.